The fourth-order valence-electron chi connectivity index (χ4n) is 0.232. The van der Waals surface area contributed by atoms with Crippen LogP contribution in [0.1, 0.15) is 13.8 Å². The van der Waals surface area contributed by atoms with Crippen molar-refractivity contribution in [1.82, 2.24) is 0 Å². The molecule has 3 heteroatoms. The topological polar surface area (TPSA) is 17.1 Å². The zero-order valence-corrected chi connectivity index (χ0v) is 6.55. The van der Waals surface area contributed by atoms with Crippen LogP contribution in [0.4, 0.5) is 0 Å². The van der Waals surface area contributed by atoms with Crippen molar-refractivity contribution in [3.63, 3.8) is 0 Å². The summed E-state index contributed by atoms with van der Waals surface area (Å²) in [6, 6.07) is 0. The number of thioether (sulfide) groups is 1. The summed E-state index contributed by atoms with van der Waals surface area (Å²) in [7, 11) is 0. The van der Waals surface area contributed by atoms with E-state index in [1.807, 2.05) is 6.92 Å². The summed E-state index contributed by atoms with van der Waals surface area (Å²) in [6.07, 6.45) is 0. The molecule has 0 aromatic rings. The van der Waals surface area contributed by atoms with Gasteiger partial charge in [0.1, 0.15) is 0 Å². The Labute approximate surface area is 58.8 Å². The van der Waals surface area contributed by atoms with Crippen molar-refractivity contribution in [2.24, 2.45) is 0 Å². The standard InChI is InChI=1S/C5H9ClOS/c1-4(6)3-8-5(2)7/h4H,3H2,1-2H3. The normalized spacial score (nSPS) is 13.4. The van der Waals surface area contributed by atoms with Gasteiger partial charge in [0, 0.05) is 18.1 Å². The maximum absolute atomic E-state index is 10.3. The van der Waals surface area contributed by atoms with E-state index in [0.717, 1.165) is 5.75 Å². The van der Waals surface area contributed by atoms with Gasteiger partial charge in [0.25, 0.3) is 0 Å². The van der Waals surface area contributed by atoms with Crippen molar-refractivity contribution in [2.45, 2.75) is 19.2 Å². The number of rotatable bonds is 2. The van der Waals surface area contributed by atoms with E-state index in [4.69, 9.17) is 11.6 Å². The molecule has 0 aliphatic rings. The van der Waals surface area contributed by atoms with E-state index in [9.17, 15) is 4.79 Å². The molecule has 0 aliphatic heterocycles. The van der Waals surface area contributed by atoms with Crippen LogP contribution in [0.2, 0.25) is 0 Å². The molecule has 0 saturated heterocycles. The van der Waals surface area contributed by atoms with Gasteiger partial charge in [-0.05, 0) is 6.92 Å². The minimum absolute atomic E-state index is 0.101. The van der Waals surface area contributed by atoms with E-state index < -0.39 is 0 Å². The second kappa shape index (κ2) is 4.21. The number of hydrogen-bond donors (Lipinski definition) is 0. The van der Waals surface area contributed by atoms with Crippen molar-refractivity contribution in [3.8, 4) is 0 Å². The molecule has 0 aliphatic carbocycles. The lowest BCUT2D eigenvalue weighted by molar-refractivity contribution is -0.109. The van der Waals surface area contributed by atoms with Crippen molar-refractivity contribution < 1.29 is 4.79 Å². The molecule has 0 spiro atoms. The lowest BCUT2D eigenvalue weighted by Gasteiger charge is -1.96. The van der Waals surface area contributed by atoms with Gasteiger partial charge < -0.3 is 0 Å². The highest BCUT2D eigenvalue weighted by Gasteiger charge is 1.97. The fourth-order valence-corrected chi connectivity index (χ4v) is 0.886. The largest absolute Gasteiger partial charge is 0.288 e. The van der Waals surface area contributed by atoms with Gasteiger partial charge in [-0.3, -0.25) is 4.79 Å². The van der Waals surface area contributed by atoms with Crippen LogP contribution in [-0.2, 0) is 4.79 Å². The molecular weight excluding hydrogens is 144 g/mol. The highest BCUT2D eigenvalue weighted by atomic mass is 35.5. The van der Waals surface area contributed by atoms with E-state index in [1.165, 1.54) is 11.8 Å². The zero-order chi connectivity index (χ0) is 6.57. The van der Waals surface area contributed by atoms with E-state index in [1.54, 1.807) is 6.92 Å². The molecule has 1 unspecified atom stereocenters. The Balaban J connectivity index is 3.05. The second-order valence-corrected chi connectivity index (χ2v) is 3.53. The summed E-state index contributed by atoms with van der Waals surface area (Å²) in [4.78, 5) is 10.3. The van der Waals surface area contributed by atoms with Crippen LogP contribution in [0.3, 0.4) is 0 Å². The summed E-state index contributed by atoms with van der Waals surface area (Å²) in [5, 5.41) is 0.237. The van der Waals surface area contributed by atoms with Crippen molar-refractivity contribution in [1.29, 1.82) is 0 Å². The molecule has 0 saturated carbocycles. The predicted molar refractivity (Wildman–Crippen MR) is 38.5 cm³/mol. The van der Waals surface area contributed by atoms with E-state index in [-0.39, 0.29) is 10.5 Å². The first-order valence-corrected chi connectivity index (χ1v) is 3.82. The summed E-state index contributed by atoms with van der Waals surface area (Å²) in [6.45, 7) is 3.42. The van der Waals surface area contributed by atoms with E-state index in [0.29, 0.717) is 0 Å². The van der Waals surface area contributed by atoms with Crippen molar-refractivity contribution >= 4 is 28.5 Å². The Kier molecular flexibility index (Phi) is 4.38. The summed E-state index contributed by atoms with van der Waals surface area (Å²) >= 11 is 6.82. The molecule has 0 aromatic heterocycles. The van der Waals surface area contributed by atoms with E-state index >= 15 is 0 Å². The molecular formula is C5H9ClOS. The van der Waals surface area contributed by atoms with E-state index in [2.05, 4.69) is 0 Å². The van der Waals surface area contributed by atoms with Crippen LogP contribution in [0.15, 0.2) is 0 Å². The number of carbonyl (C=O) groups excluding carboxylic acids is 1. The highest BCUT2D eigenvalue weighted by Crippen LogP contribution is 2.06. The minimum atomic E-state index is 0.101. The SMILES string of the molecule is CC(=O)SCC(C)Cl. The summed E-state index contributed by atoms with van der Waals surface area (Å²) in [5.74, 6) is 0.719. The molecule has 48 valence electrons. The molecule has 0 amide bonds. The van der Waals surface area contributed by atoms with Gasteiger partial charge in [-0.2, -0.15) is 0 Å². The number of alkyl halides is 1. The molecule has 0 radical (unpaired) electrons. The van der Waals surface area contributed by atoms with Crippen LogP contribution in [-0.4, -0.2) is 16.2 Å². The van der Waals surface area contributed by atoms with Gasteiger partial charge in [-0.1, -0.05) is 11.8 Å². The van der Waals surface area contributed by atoms with Gasteiger partial charge in [-0.15, -0.1) is 11.6 Å². The Morgan fingerprint density at radius 3 is 2.50 bits per heavy atom. The van der Waals surface area contributed by atoms with Crippen molar-refractivity contribution in [2.75, 3.05) is 5.75 Å². The molecule has 8 heavy (non-hydrogen) atoms. The van der Waals surface area contributed by atoms with Crippen LogP contribution >= 0.6 is 23.4 Å². The van der Waals surface area contributed by atoms with Gasteiger partial charge in [0.05, 0.1) is 0 Å². The Hall–Kier alpha value is 0.310. The second-order valence-electron chi connectivity index (χ2n) is 1.58. The average molecular weight is 153 g/mol. The molecule has 1 atom stereocenters. The number of hydrogen-bond acceptors (Lipinski definition) is 2. The number of halogens is 1. The average Bonchev–Trinajstić information content (AvgIpc) is 1.61. The van der Waals surface area contributed by atoms with Gasteiger partial charge >= 0.3 is 0 Å². The first-order chi connectivity index (χ1) is 3.63. The lowest BCUT2D eigenvalue weighted by Crippen LogP contribution is -1.96. The number of carbonyl (C=O) groups is 1. The van der Waals surface area contributed by atoms with Crippen LogP contribution in [0.5, 0.6) is 0 Å². The Morgan fingerprint density at radius 2 is 2.38 bits per heavy atom. The molecule has 0 heterocycles. The molecule has 0 aromatic carbocycles. The monoisotopic (exact) mass is 152 g/mol. The molecule has 0 bridgehead atoms. The first kappa shape index (κ1) is 8.31. The highest BCUT2D eigenvalue weighted by molar-refractivity contribution is 8.13. The maximum atomic E-state index is 10.3. The first-order valence-electron chi connectivity index (χ1n) is 2.40. The fraction of sp³-hybridized carbons (Fsp3) is 0.800. The van der Waals surface area contributed by atoms with Gasteiger partial charge in [0.15, 0.2) is 5.12 Å². The Bertz CT molecular complexity index is 82.5. The molecule has 0 fully saturated rings. The quantitative estimate of drug-likeness (QED) is 0.563. The minimum Gasteiger partial charge on any atom is -0.288 e. The van der Waals surface area contributed by atoms with Crippen LogP contribution in [0.25, 0.3) is 0 Å². The maximum Gasteiger partial charge on any atom is 0.185 e. The third-order valence-electron chi connectivity index (χ3n) is 0.516. The molecule has 0 rings (SSSR count). The van der Waals surface area contributed by atoms with Crippen molar-refractivity contribution in [3.05, 3.63) is 0 Å². The molecule has 0 N–H and O–H groups in total. The van der Waals surface area contributed by atoms with Crippen LogP contribution in [0, 0.1) is 0 Å². The third-order valence-corrected chi connectivity index (χ3v) is 1.93. The zero-order valence-electron chi connectivity index (χ0n) is 4.98. The third kappa shape index (κ3) is 6.31. The Morgan fingerprint density at radius 1 is 1.88 bits per heavy atom. The smallest absolute Gasteiger partial charge is 0.185 e. The summed E-state index contributed by atoms with van der Waals surface area (Å²) in [5.41, 5.74) is 0. The molecule has 1 nitrogen and oxygen atoms in total. The predicted octanol–water partition coefficient (Wildman–Crippen LogP) is 1.89. The van der Waals surface area contributed by atoms with Gasteiger partial charge in [-0.25, -0.2) is 0 Å². The van der Waals surface area contributed by atoms with Crippen LogP contribution < -0.4 is 0 Å². The van der Waals surface area contributed by atoms with Gasteiger partial charge in [0.2, 0.25) is 0 Å². The lowest BCUT2D eigenvalue weighted by atomic mass is 10.6. The summed E-state index contributed by atoms with van der Waals surface area (Å²) < 4.78 is 0.